The van der Waals surface area contributed by atoms with Crippen molar-refractivity contribution < 1.29 is 14.3 Å². The van der Waals surface area contributed by atoms with E-state index in [1.807, 2.05) is 34.6 Å². The number of likely N-dealkylation sites (tertiary alicyclic amines) is 1. The lowest BCUT2D eigenvalue weighted by Gasteiger charge is -2.28. The molecule has 1 unspecified atom stereocenters. The van der Waals surface area contributed by atoms with Crippen molar-refractivity contribution in [2.45, 2.75) is 65.5 Å². The average molecular weight is 284 g/mol. The van der Waals surface area contributed by atoms with E-state index in [-0.39, 0.29) is 24.0 Å². The SMILES string of the molecule is CC(C)C(=O)NC1CCCCN(C(=O)OC(C)(C)C)C1. The van der Waals surface area contributed by atoms with Crippen LogP contribution in [0, 0.1) is 5.92 Å². The van der Waals surface area contributed by atoms with Gasteiger partial charge in [0.1, 0.15) is 5.60 Å². The molecule has 0 spiro atoms. The molecule has 0 aromatic heterocycles. The van der Waals surface area contributed by atoms with Crippen molar-refractivity contribution in [1.82, 2.24) is 10.2 Å². The molecule has 0 aliphatic carbocycles. The lowest BCUT2D eigenvalue weighted by Crippen LogP contribution is -2.47. The number of nitrogens with one attached hydrogen (secondary N) is 1. The number of ether oxygens (including phenoxy) is 1. The maximum atomic E-state index is 12.1. The lowest BCUT2D eigenvalue weighted by molar-refractivity contribution is -0.124. The fourth-order valence-electron chi connectivity index (χ4n) is 2.12. The Balaban J connectivity index is 2.60. The summed E-state index contributed by atoms with van der Waals surface area (Å²) < 4.78 is 5.41. The maximum absolute atomic E-state index is 12.1. The van der Waals surface area contributed by atoms with Crippen LogP contribution in [-0.2, 0) is 9.53 Å². The van der Waals surface area contributed by atoms with Gasteiger partial charge in [-0.05, 0) is 40.0 Å². The smallest absolute Gasteiger partial charge is 0.410 e. The molecule has 1 aliphatic heterocycles. The van der Waals surface area contributed by atoms with E-state index in [2.05, 4.69) is 5.32 Å². The molecule has 0 radical (unpaired) electrons. The van der Waals surface area contributed by atoms with Crippen molar-refractivity contribution in [3.8, 4) is 0 Å². The Morgan fingerprint density at radius 1 is 1.25 bits per heavy atom. The molecule has 0 aromatic rings. The van der Waals surface area contributed by atoms with E-state index in [1.54, 1.807) is 4.90 Å². The molecule has 0 bridgehead atoms. The predicted molar refractivity (Wildman–Crippen MR) is 78.4 cm³/mol. The Bertz CT molecular complexity index is 348. The fraction of sp³-hybridized carbons (Fsp3) is 0.867. The van der Waals surface area contributed by atoms with Crippen LogP contribution in [0.4, 0.5) is 4.79 Å². The van der Waals surface area contributed by atoms with Gasteiger partial charge in [0.15, 0.2) is 0 Å². The van der Waals surface area contributed by atoms with Crippen molar-refractivity contribution in [3.05, 3.63) is 0 Å². The van der Waals surface area contributed by atoms with Crippen molar-refractivity contribution in [3.63, 3.8) is 0 Å². The summed E-state index contributed by atoms with van der Waals surface area (Å²) in [6, 6.07) is 0.0277. The van der Waals surface area contributed by atoms with Gasteiger partial charge < -0.3 is 15.0 Å². The van der Waals surface area contributed by atoms with Crippen LogP contribution in [-0.4, -0.2) is 41.6 Å². The Morgan fingerprint density at radius 2 is 1.90 bits per heavy atom. The van der Waals surface area contributed by atoms with Gasteiger partial charge in [0.2, 0.25) is 5.91 Å². The molecule has 0 aromatic carbocycles. The Kier molecular flexibility index (Phi) is 5.84. The predicted octanol–water partition coefficient (Wildman–Crippen LogP) is 2.55. The first-order chi connectivity index (χ1) is 9.19. The van der Waals surface area contributed by atoms with Gasteiger partial charge in [-0.15, -0.1) is 0 Å². The molecule has 1 saturated heterocycles. The monoisotopic (exact) mass is 284 g/mol. The molecule has 20 heavy (non-hydrogen) atoms. The first kappa shape index (κ1) is 16.8. The van der Waals surface area contributed by atoms with Crippen molar-refractivity contribution in [1.29, 1.82) is 0 Å². The summed E-state index contributed by atoms with van der Waals surface area (Å²) in [6.07, 6.45) is 2.59. The number of hydrogen-bond donors (Lipinski definition) is 1. The van der Waals surface area contributed by atoms with Crippen LogP contribution in [0.2, 0.25) is 0 Å². The standard InChI is InChI=1S/C15H28N2O3/c1-11(2)13(18)16-12-8-6-7-9-17(10-12)14(19)20-15(3,4)5/h11-12H,6-10H2,1-5H3,(H,16,18). The van der Waals surface area contributed by atoms with E-state index in [0.717, 1.165) is 19.3 Å². The first-order valence-electron chi connectivity index (χ1n) is 7.47. The van der Waals surface area contributed by atoms with Crippen LogP contribution in [0.15, 0.2) is 0 Å². The largest absolute Gasteiger partial charge is 0.444 e. The van der Waals surface area contributed by atoms with Crippen LogP contribution in [0.5, 0.6) is 0 Å². The van der Waals surface area contributed by atoms with Gasteiger partial charge in [-0.25, -0.2) is 4.79 Å². The number of carbonyl (C=O) groups excluding carboxylic acids is 2. The summed E-state index contributed by atoms with van der Waals surface area (Å²) in [6.45, 7) is 10.6. The molecule has 1 rings (SSSR count). The molecule has 0 saturated carbocycles. The minimum atomic E-state index is -0.486. The molecule has 1 aliphatic rings. The zero-order valence-electron chi connectivity index (χ0n) is 13.4. The Hall–Kier alpha value is -1.26. The molecule has 1 atom stereocenters. The van der Waals surface area contributed by atoms with Gasteiger partial charge in [-0.2, -0.15) is 0 Å². The third-order valence-electron chi connectivity index (χ3n) is 3.19. The highest BCUT2D eigenvalue weighted by Gasteiger charge is 2.27. The van der Waals surface area contributed by atoms with Crippen molar-refractivity contribution in [2.24, 2.45) is 5.92 Å². The lowest BCUT2D eigenvalue weighted by atomic mass is 10.1. The fourth-order valence-corrected chi connectivity index (χ4v) is 2.12. The van der Waals surface area contributed by atoms with Gasteiger partial charge in [-0.1, -0.05) is 13.8 Å². The van der Waals surface area contributed by atoms with Crippen molar-refractivity contribution in [2.75, 3.05) is 13.1 Å². The van der Waals surface area contributed by atoms with E-state index >= 15 is 0 Å². The molecule has 5 nitrogen and oxygen atoms in total. The third kappa shape index (κ3) is 5.80. The van der Waals surface area contributed by atoms with Crippen LogP contribution in [0.25, 0.3) is 0 Å². The molecular formula is C15H28N2O3. The normalized spacial score (nSPS) is 20.5. The summed E-state index contributed by atoms with van der Waals surface area (Å²) in [7, 11) is 0. The molecule has 5 heteroatoms. The van der Waals surface area contributed by atoms with Gasteiger partial charge in [0, 0.05) is 25.0 Å². The maximum Gasteiger partial charge on any atom is 0.410 e. The second-order valence-corrected chi connectivity index (χ2v) is 6.78. The van der Waals surface area contributed by atoms with Gasteiger partial charge in [0.25, 0.3) is 0 Å². The molecule has 116 valence electrons. The Labute approximate surface area is 122 Å². The molecule has 1 fully saturated rings. The molecule has 1 N–H and O–H groups in total. The molecule has 2 amide bonds. The van der Waals surface area contributed by atoms with E-state index in [1.165, 1.54) is 0 Å². The third-order valence-corrected chi connectivity index (χ3v) is 3.19. The van der Waals surface area contributed by atoms with E-state index in [9.17, 15) is 9.59 Å². The minimum absolute atomic E-state index is 0.0277. The number of carbonyl (C=O) groups is 2. The summed E-state index contributed by atoms with van der Waals surface area (Å²) in [5, 5.41) is 3.02. The topological polar surface area (TPSA) is 58.6 Å². The van der Waals surface area contributed by atoms with E-state index in [4.69, 9.17) is 4.74 Å². The second kappa shape index (κ2) is 6.95. The van der Waals surface area contributed by atoms with Gasteiger partial charge >= 0.3 is 6.09 Å². The van der Waals surface area contributed by atoms with Crippen LogP contribution in [0.1, 0.15) is 53.9 Å². The summed E-state index contributed by atoms with van der Waals surface area (Å²) in [5.41, 5.74) is -0.486. The summed E-state index contributed by atoms with van der Waals surface area (Å²) in [4.78, 5) is 25.6. The van der Waals surface area contributed by atoms with E-state index < -0.39 is 5.60 Å². The summed E-state index contributed by atoms with van der Waals surface area (Å²) in [5.74, 6) is 0.00858. The van der Waals surface area contributed by atoms with Crippen molar-refractivity contribution >= 4 is 12.0 Å². The van der Waals surface area contributed by atoms with E-state index in [0.29, 0.717) is 13.1 Å². The first-order valence-corrected chi connectivity index (χ1v) is 7.47. The molecule has 1 heterocycles. The highest BCUT2D eigenvalue weighted by Crippen LogP contribution is 2.15. The number of nitrogens with zero attached hydrogens (tertiary/aromatic N) is 1. The second-order valence-electron chi connectivity index (χ2n) is 6.78. The zero-order chi connectivity index (χ0) is 15.3. The number of hydrogen-bond acceptors (Lipinski definition) is 3. The summed E-state index contributed by atoms with van der Waals surface area (Å²) >= 11 is 0. The molecular weight excluding hydrogens is 256 g/mol. The average Bonchev–Trinajstić information content (AvgIpc) is 2.52. The highest BCUT2D eigenvalue weighted by molar-refractivity contribution is 5.78. The van der Waals surface area contributed by atoms with Crippen LogP contribution >= 0.6 is 0 Å². The van der Waals surface area contributed by atoms with Gasteiger partial charge in [-0.3, -0.25) is 4.79 Å². The van der Waals surface area contributed by atoms with Gasteiger partial charge in [0.05, 0.1) is 0 Å². The zero-order valence-corrected chi connectivity index (χ0v) is 13.4. The minimum Gasteiger partial charge on any atom is -0.444 e. The van der Waals surface area contributed by atoms with Crippen LogP contribution in [0.3, 0.4) is 0 Å². The highest BCUT2D eigenvalue weighted by atomic mass is 16.6. The van der Waals surface area contributed by atoms with Crippen LogP contribution < -0.4 is 5.32 Å². The number of rotatable bonds is 2. The number of amides is 2. The quantitative estimate of drug-likeness (QED) is 0.847. The Morgan fingerprint density at radius 3 is 2.45 bits per heavy atom.